The van der Waals surface area contributed by atoms with E-state index in [4.69, 9.17) is 4.74 Å². The quantitative estimate of drug-likeness (QED) is 0.833. The van der Waals surface area contributed by atoms with Gasteiger partial charge in [0, 0.05) is 25.3 Å². The van der Waals surface area contributed by atoms with E-state index in [-0.39, 0.29) is 18.1 Å². The van der Waals surface area contributed by atoms with Crippen molar-refractivity contribution in [2.75, 3.05) is 32.8 Å². The van der Waals surface area contributed by atoms with Crippen LogP contribution in [0, 0.1) is 11.7 Å². The van der Waals surface area contributed by atoms with Gasteiger partial charge in [-0.25, -0.2) is 4.39 Å². The van der Waals surface area contributed by atoms with E-state index < -0.39 is 0 Å². The number of carbonyl (C=O) groups excluding carboxylic acids is 1. The third-order valence-corrected chi connectivity index (χ3v) is 5.06. The van der Waals surface area contributed by atoms with Crippen LogP contribution < -0.4 is 0 Å². The van der Waals surface area contributed by atoms with Gasteiger partial charge in [-0.15, -0.1) is 0 Å². The summed E-state index contributed by atoms with van der Waals surface area (Å²) in [5.41, 5.74) is 0.623. The summed E-state index contributed by atoms with van der Waals surface area (Å²) in [6, 6.07) is 3.56. The van der Waals surface area contributed by atoms with E-state index in [1.165, 1.54) is 25.1 Å². The van der Waals surface area contributed by atoms with E-state index in [0.717, 1.165) is 25.6 Å². The Kier molecular flexibility index (Phi) is 4.03. The summed E-state index contributed by atoms with van der Waals surface area (Å²) < 4.78 is 18.6. The van der Waals surface area contributed by atoms with Crippen molar-refractivity contribution in [2.24, 2.45) is 5.92 Å². The first-order chi connectivity index (χ1) is 11.2. The molecule has 1 amide bonds. The zero-order valence-corrected chi connectivity index (χ0v) is 13.2. The Labute approximate surface area is 135 Å². The predicted octanol–water partition coefficient (Wildman–Crippen LogP) is 1.08. The SMILES string of the molecule is O=C(Cc1ccc(F)cn1)N1CC2COCC(C1)N2CC1CC1. The van der Waals surface area contributed by atoms with Gasteiger partial charge in [-0.1, -0.05) is 0 Å². The number of fused-ring (bicyclic) bond motifs is 2. The Morgan fingerprint density at radius 3 is 2.61 bits per heavy atom. The molecule has 2 unspecified atom stereocenters. The molecule has 6 heteroatoms. The molecule has 3 heterocycles. The van der Waals surface area contributed by atoms with E-state index in [2.05, 4.69) is 9.88 Å². The van der Waals surface area contributed by atoms with E-state index in [0.29, 0.717) is 31.0 Å². The second-order valence-electron chi connectivity index (χ2n) is 6.93. The van der Waals surface area contributed by atoms with Crippen molar-refractivity contribution in [2.45, 2.75) is 31.3 Å². The largest absolute Gasteiger partial charge is 0.378 e. The Bertz CT molecular complexity index is 562. The smallest absolute Gasteiger partial charge is 0.228 e. The molecule has 5 nitrogen and oxygen atoms in total. The Hall–Kier alpha value is -1.53. The van der Waals surface area contributed by atoms with Crippen LogP contribution in [0.5, 0.6) is 0 Å². The molecule has 23 heavy (non-hydrogen) atoms. The van der Waals surface area contributed by atoms with Crippen molar-refractivity contribution in [3.63, 3.8) is 0 Å². The number of ether oxygens (including phenoxy) is 1. The summed E-state index contributed by atoms with van der Waals surface area (Å²) in [5, 5.41) is 0. The van der Waals surface area contributed by atoms with Crippen molar-refractivity contribution < 1.29 is 13.9 Å². The lowest BCUT2D eigenvalue weighted by Gasteiger charge is -2.50. The zero-order chi connectivity index (χ0) is 15.8. The fourth-order valence-electron chi connectivity index (χ4n) is 3.61. The van der Waals surface area contributed by atoms with Gasteiger partial charge in [0.25, 0.3) is 0 Å². The normalized spacial score (nSPS) is 28.0. The molecule has 0 aromatic carbocycles. The van der Waals surface area contributed by atoms with Crippen LogP contribution in [0.1, 0.15) is 18.5 Å². The van der Waals surface area contributed by atoms with Gasteiger partial charge in [-0.3, -0.25) is 14.7 Å². The maximum atomic E-state index is 12.9. The molecule has 4 rings (SSSR count). The van der Waals surface area contributed by atoms with Crippen LogP contribution in [-0.4, -0.2) is 65.6 Å². The molecule has 3 fully saturated rings. The maximum Gasteiger partial charge on any atom is 0.228 e. The lowest BCUT2D eigenvalue weighted by Crippen LogP contribution is -2.65. The van der Waals surface area contributed by atoms with Crippen LogP contribution in [-0.2, 0) is 16.0 Å². The first-order valence-corrected chi connectivity index (χ1v) is 8.41. The average Bonchev–Trinajstić information content (AvgIpc) is 3.33. The lowest BCUT2D eigenvalue weighted by molar-refractivity contribution is -0.144. The molecule has 1 saturated carbocycles. The van der Waals surface area contributed by atoms with Crippen molar-refractivity contribution in [3.05, 3.63) is 29.8 Å². The molecule has 1 aromatic rings. The lowest BCUT2D eigenvalue weighted by atomic mass is 10.0. The van der Waals surface area contributed by atoms with Gasteiger partial charge in [-0.05, 0) is 30.9 Å². The Morgan fingerprint density at radius 1 is 1.26 bits per heavy atom. The number of piperazine rings is 1. The van der Waals surface area contributed by atoms with Gasteiger partial charge in [0.2, 0.25) is 5.91 Å². The second-order valence-corrected chi connectivity index (χ2v) is 6.93. The van der Waals surface area contributed by atoms with Crippen LogP contribution in [0.15, 0.2) is 18.3 Å². The summed E-state index contributed by atoms with van der Waals surface area (Å²) in [5.74, 6) is 0.553. The maximum absolute atomic E-state index is 12.9. The summed E-state index contributed by atoms with van der Waals surface area (Å²) in [4.78, 5) is 21.0. The third kappa shape index (κ3) is 3.38. The average molecular weight is 319 g/mol. The Morgan fingerprint density at radius 2 is 2.00 bits per heavy atom. The summed E-state index contributed by atoms with van der Waals surface area (Å²) >= 11 is 0. The number of aromatic nitrogens is 1. The number of rotatable bonds is 4. The summed E-state index contributed by atoms with van der Waals surface area (Å²) in [6.45, 7) is 4.02. The van der Waals surface area contributed by atoms with Crippen molar-refractivity contribution in [1.29, 1.82) is 0 Å². The van der Waals surface area contributed by atoms with Gasteiger partial charge in [0.1, 0.15) is 5.82 Å². The standard InChI is InChI=1S/C17H22FN3O2/c18-13-3-4-14(19-6-13)5-17(22)20-8-15-10-23-11-16(9-20)21(15)7-12-1-2-12/h3-4,6,12,15-16H,1-2,5,7-11H2. The molecule has 2 atom stereocenters. The van der Waals surface area contributed by atoms with E-state index in [1.807, 2.05) is 4.90 Å². The highest BCUT2D eigenvalue weighted by molar-refractivity contribution is 5.78. The highest BCUT2D eigenvalue weighted by atomic mass is 19.1. The van der Waals surface area contributed by atoms with Crippen LogP contribution in [0.2, 0.25) is 0 Å². The third-order valence-electron chi connectivity index (χ3n) is 5.06. The number of halogens is 1. The van der Waals surface area contributed by atoms with Crippen LogP contribution in [0.4, 0.5) is 4.39 Å². The van der Waals surface area contributed by atoms with Gasteiger partial charge in [0.15, 0.2) is 0 Å². The van der Waals surface area contributed by atoms with Crippen molar-refractivity contribution >= 4 is 5.91 Å². The first-order valence-electron chi connectivity index (χ1n) is 8.41. The molecule has 1 aliphatic carbocycles. The number of pyridine rings is 1. The van der Waals surface area contributed by atoms with E-state index in [1.54, 1.807) is 6.07 Å². The molecule has 124 valence electrons. The van der Waals surface area contributed by atoms with E-state index in [9.17, 15) is 9.18 Å². The molecule has 0 radical (unpaired) electrons. The number of morpholine rings is 1. The molecule has 1 aromatic heterocycles. The fourth-order valence-corrected chi connectivity index (χ4v) is 3.61. The highest BCUT2D eigenvalue weighted by Gasteiger charge is 2.41. The molecule has 0 N–H and O–H groups in total. The molecule has 0 spiro atoms. The minimum atomic E-state index is -0.374. The number of nitrogens with zero attached hydrogens (tertiary/aromatic N) is 3. The zero-order valence-electron chi connectivity index (χ0n) is 13.2. The van der Waals surface area contributed by atoms with Crippen LogP contribution in [0.25, 0.3) is 0 Å². The van der Waals surface area contributed by atoms with Crippen LogP contribution >= 0.6 is 0 Å². The molecule has 2 bridgehead atoms. The monoisotopic (exact) mass is 319 g/mol. The molecular formula is C17H22FN3O2. The Balaban J connectivity index is 1.40. The minimum absolute atomic E-state index is 0.0760. The minimum Gasteiger partial charge on any atom is -0.378 e. The first kappa shape index (κ1) is 15.0. The van der Waals surface area contributed by atoms with Crippen molar-refractivity contribution in [1.82, 2.24) is 14.8 Å². The highest BCUT2D eigenvalue weighted by Crippen LogP contribution is 2.33. The fraction of sp³-hybridized carbons (Fsp3) is 0.647. The van der Waals surface area contributed by atoms with Crippen LogP contribution in [0.3, 0.4) is 0 Å². The summed E-state index contributed by atoms with van der Waals surface area (Å²) in [6.07, 6.45) is 4.09. The topological polar surface area (TPSA) is 45.7 Å². The molecular weight excluding hydrogens is 297 g/mol. The number of hydrogen-bond acceptors (Lipinski definition) is 4. The number of hydrogen-bond donors (Lipinski definition) is 0. The molecule has 2 aliphatic heterocycles. The van der Waals surface area contributed by atoms with Gasteiger partial charge < -0.3 is 9.64 Å². The van der Waals surface area contributed by atoms with Gasteiger partial charge in [-0.2, -0.15) is 0 Å². The van der Waals surface area contributed by atoms with E-state index >= 15 is 0 Å². The summed E-state index contributed by atoms with van der Waals surface area (Å²) in [7, 11) is 0. The molecule has 2 saturated heterocycles. The number of carbonyl (C=O) groups is 1. The van der Waals surface area contributed by atoms with Gasteiger partial charge >= 0.3 is 0 Å². The van der Waals surface area contributed by atoms with Gasteiger partial charge in [0.05, 0.1) is 37.9 Å². The van der Waals surface area contributed by atoms with Crippen molar-refractivity contribution in [3.8, 4) is 0 Å². The predicted molar refractivity (Wildman–Crippen MR) is 82.3 cm³/mol. The second kappa shape index (κ2) is 6.17. The number of amides is 1. The molecule has 3 aliphatic rings.